The second-order valence-corrected chi connectivity index (χ2v) is 8.54. The Labute approximate surface area is 202 Å². The molecule has 2 aromatic carbocycles. The van der Waals surface area contributed by atoms with Gasteiger partial charge in [-0.1, -0.05) is 46.6 Å². The Kier molecular flexibility index (Phi) is 6.35. The molecule has 0 fully saturated rings. The molecule has 0 N–H and O–H groups in total. The van der Waals surface area contributed by atoms with Crippen molar-refractivity contribution in [3.05, 3.63) is 81.6 Å². The average Bonchev–Trinajstić information content (AvgIpc) is 3.37. The van der Waals surface area contributed by atoms with E-state index in [4.69, 9.17) is 32.8 Å². The van der Waals surface area contributed by atoms with Crippen LogP contribution in [-0.4, -0.2) is 28.1 Å². The molecule has 4 rings (SSSR count). The summed E-state index contributed by atoms with van der Waals surface area (Å²) in [5.74, 6) is -2.08. The van der Waals surface area contributed by atoms with Crippen molar-refractivity contribution in [3.8, 4) is 5.69 Å². The van der Waals surface area contributed by atoms with E-state index in [9.17, 15) is 18.0 Å². The number of oxime groups is 1. The number of ether oxygens (including phenoxy) is 1. The highest BCUT2D eigenvalue weighted by atomic mass is 35.5. The van der Waals surface area contributed by atoms with Crippen molar-refractivity contribution in [2.75, 3.05) is 6.61 Å². The minimum Gasteiger partial charge on any atom is -0.465 e. The molecular weight excluding hydrogens is 494 g/mol. The van der Waals surface area contributed by atoms with Crippen molar-refractivity contribution >= 4 is 34.9 Å². The lowest BCUT2D eigenvalue weighted by molar-refractivity contribution is -0.158. The molecule has 1 aromatic heterocycles. The third kappa shape index (κ3) is 4.25. The number of alkyl halides is 3. The molecule has 178 valence electrons. The fraction of sp³-hybridized carbons (Fsp3) is 0.261. The number of halogens is 5. The van der Waals surface area contributed by atoms with Gasteiger partial charge in [-0.25, -0.2) is 4.68 Å². The summed E-state index contributed by atoms with van der Waals surface area (Å²) in [7, 11) is 0. The highest BCUT2D eigenvalue weighted by Gasteiger charge is 2.56. The number of hydrogen-bond acceptors (Lipinski definition) is 5. The minimum absolute atomic E-state index is 0.0210. The van der Waals surface area contributed by atoms with E-state index in [-0.39, 0.29) is 28.6 Å². The molecule has 34 heavy (non-hydrogen) atoms. The summed E-state index contributed by atoms with van der Waals surface area (Å²) < 4.78 is 49.0. The van der Waals surface area contributed by atoms with Crippen LogP contribution in [0, 0.1) is 5.92 Å². The summed E-state index contributed by atoms with van der Waals surface area (Å²) in [6.07, 6.45) is -3.82. The molecule has 0 bridgehead atoms. The number of aromatic nitrogens is 2. The first-order chi connectivity index (χ1) is 16.1. The number of carbonyl (C=O) groups excluding carboxylic acids is 1. The third-order valence-corrected chi connectivity index (χ3v) is 5.93. The fourth-order valence-electron chi connectivity index (χ4n) is 3.91. The number of carbonyl (C=O) groups is 1. The molecule has 1 aliphatic heterocycles. The van der Waals surface area contributed by atoms with Crippen LogP contribution in [0.3, 0.4) is 0 Å². The SMILES string of the molecule is CCOC(=O)C1C(c2ccc(Cl)cc2)=NOC1(C)c1cnn(-c2cccc(Cl)c2)c1C(F)(F)F. The van der Waals surface area contributed by atoms with Crippen LogP contribution in [-0.2, 0) is 26.1 Å². The van der Waals surface area contributed by atoms with Crippen molar-refractivity contribution in [2.45, 2.75) is 25.6 Å². The van der Waals surface area contributed by atoms with E-state index in [2.05, 4.69) is 10.3 Å². The summed E-state index contributed by atoms with van der Waals surface area (Å²) in [6, 6.07) is 12.2. The molecule has 3 aromatic rings. The van der Waals surface area contributed by atoms with Gasteiger partial charge in [0.15, 0.2) is 11.3 Å². The van der Waals surface area contributed by atoms with Crippen LogP contribution in [0.2, 0.25) is 10.0 Å². The Hall–Kier alpha value is -3.04. The molecule has 0 radical (unpaired) electrons. The number of esters is 1. The lowest BCUT2D eigenvalue weighted by Gasteiger charge is -2.29. The lowest BCUT2D eigenvalue weighted by Crippen LogP contribution is -2.41. The normalized spacial score (nSPS) is 20.1. The maximum atomic E-state index is 14.4. The predicted molar refractivity (Wildman–Crippen MR) is 120 cm³/mol. The lowest BCUT2D eigenvalue weighted by atomic mass is 9.78. The number of rotatable bonds is 5. The Morgan fingerprint density at radius 1 is 1.18 bits per heavy atom. The van der Waals surface area contributed by atoms with Crippen molar-refractivity contribution in [1.29, 1.82) is 0 Å². The molecule has 0 saturated heterocycles. The Balaban J connectivity index is 1.88. The van der Waals surface area contributed by atoms with E-state index in [0.717, 1.165) is 10.9 Å². The maximum absolute atomic E-state index is 14.4. The molecule has 2 heterocycles. The summed E-state index contributed by atoms with van der Waals surface area (Å²) in [5, 5.41) is 8.67. The van der Waals surface area contributed by atoms with E-state index >= 15 is 0 Å². The molecule has 0 spiro atoms. The summed E-state index contributed by atoms with van der Waals surface area (Å²) in [5.41, 5.74) is -2.66. The second kappa shape index (κ2) is 8.96. The summed E-state index contributed by atoms with van der Waals surface area (Å²) in [4.78, 5) is 18.6. The minimum atomic E-state index is -4.84. The Morgan fingerprint density at radius 3 is 2.50 bits per heavy atom. The van der Waals surface area contributed by atoms with E-state index in [1.54, 1.807) is 31.2 Å². The molecule has 0 saturated carbocycles. The zero-order valence-corrected chi connectivity index (χ0v) is 19.4. The van der Waals surface area contributed by atoms with Gasteiger partial charge in [-0.3, -0.25) is 4.79 Å². The van der Waals surface area contributed by atoms with Crippen LogP contribution in [0.25, 0.3) is 5.69 Å². The van der Waals surface area contributed by atoms with Gasteiger partial charge in [0.05, 0.1) is 24.1 Å². The molecule has 11 heteroatoms. The van der Waals surface area contributed by atoms with Gasteiger partial charge >= 0.3 is 12.1 Å². The summed E-state index contributed by atoms with van der Waals surface area (Å²) in [6.45, 7) is 2.98. The van der Waals surface area contributed by atoms with E-state index < -0.39 is 29.4 Å². The number of benzene rings is 2. The topological polar surface area (TPSA) is 65.7 Å². The van der Waals surface area contributed by atoms with Gasteiger partial charge in [0.25, 0.3) is 0 Å². The van der Waals surface area contributed by atoms with Crippen molar-refractivity contribution in [3.63, 3.8) is 0 Å². The van der Waals surface area contributed by atoms with Gasteiger partial charge < -0.3 is 9.57 Å². The smallest absolute Gasteiger partial charge is 0.433 e. The third-order valence-electron chi connectivity index (χ3n) is 5.45. The number of nitrogens with zero attached hydrogens (tertiary/aromatic N) is 3. The molecule has 0 amide bonds. The molecule has 2 unspecified atom stereocenters. The Morgan fingerprint density at radius 2 is 1.88 bits per heavy atom. The quantitative estimate of drug-likeness (QED) is 0.392. The number of hydrogen-bond donors (Lipinski definition) is 0. The van der Waals surface area contributed by atoms with Crippen LogP contribution in [0.1, 0.15) is 30.7 Å². The zero-order chi connectivity index (χ0) is 24.7. The molecule has 6 nitrogen and oxygen atoms in total. The molecule has 1 aliphatic rings. The first-order valence-electron chi connectivity index (χ1n) is 10.2. The van der Waals surface area contributed by atoms with E-state index in [0.29, 0.717) is 10.6 Å². The zero-order valence-electron chi connectivity index (χ0n) is 17.9. The van der Waals surface area contributed by atoms with Crippen LogP contribution >= 0.6 is 23.2 Å². The van der Waals surface area contributed by atoms with Crippen LogP contribution in [0.15, 0.2) is 59.9 Å². The highest BCUT2D eigenvalue weighted by Crippen LogP contribution is 2.47. The van der Waals surface area contributed by atoms with Gasteiger partial charge in [-0.2, -0.15) is 18.3 Å². The van der Waals surface area contributed by atoms with Gasteiger partial charge in [0, 0.05) is 15.6 Å². The molecule has 2 atom stereocenters. The van der Waals surface area contributed by atoms with Crippen LogP contribution in [0.5, 0.6) is 0 Å². The van der Waals surface area contributed by atoms with Crippen molar-refractivity contribution < 1.29 is 27.5 Å². The van der Waals surface area contributed by atoms with Gasteiger partial charge in [-0.15, -0.1) is 0 Å². The largest absolute Gasteiger partial charge is 0.465 e. The average molecular weight is 512 g/mol. The first-order valence-corrected chi connectivity index (χ1v) is 10.9. The Bertz CT molecular complexity index is 1260. The van der Waals surface area contributed by atoms with E-state index in [1.807, 2.05) is 0 Å². The van der Waals surface area contributed by atoms with Crippen LogP contribution in [0.4, 0.5) is 13.2 Å². The van der Waals surface area contributed by atoms with Crippen molar-refractivity contribution in [2.24, 2.45) is 11.1 Å². The molecule has 0 aliphatic carbocycles. The monoisotopic (exact) mass is 511 g/mol. The fourth-order valence-corrected chi connectivity index (χ4v) is 4.22. The van der Waals surface area contributed by atoms with E-state index in [1.165, 1.54) is 31.2 Å². The standard InChI is InChI=1S/C23H18Cl2F3N3O3/c1-3-33-21(32)18-19(13-7-9-14(24)10-8-13)30-34-22(18,2)17-12-29-31(20(17)23(26,27)28)16-6-4-5-15(25)11-16/h4-12,18H,3H2,1-2H3. The maximum Gasteiger partial charge on any atom is 0.433 e. The highest BCUT2D eigenvalue weighted by molar-refractivity contribution is 6.31. The van der Waals surface area contributed by atoms with Crippen LogP contribution < -0.4 is 0 Å². The van der Waals surface area contributed by atoms with Gasteiger partial charge in [0.2, 0.25) is 0 Å². The van der Waals surface area contributed by atoms with Crippen molar-refractivity contribution in [1.82, 2.24) is 9.78 Å². The second-order valence-electron chi connectivity index (χ2n) is 7.66. The molecular formula is C23H18Cl2F3N3O3. The van der Waals surface area contributed by atoms with Gasteiger partial charge in [0.1, 0.15) is 11.6 Å². The van der Waals surface area contributed by atoms with Gasteiger partial charge in [-0.05, 0) is 44.2 Å². The summed E-state index contributed by atoms with van der Waals surface area (Å²) >= 11 is 11.9. The predicted octanol–water partition coefficient (Wildman–Crippen LogP) is 6.03. The first kappa shape index (κ1) is 24.1.